The number of likely N-dealkylation sites (tertiary alicyclic amines) is 1. The molecule has 1 unspecified atom stereocenters. The summed E-state index contributed by atoms with van der Waals surface area (Å²) in [6.07, 6.45) is 10.4. The number of amides is 1. The highest BCUT2D eigenvalue weighted by Crippen LogP contribution is 2.28. The van der Waals surface area contributed by atoms with Gasteiger partial charge < -0.3 is 4.90 Å². The van der Waals surface area contributed by atoms with Crippen molar-refractivity contribution in [3.63, 3.8) is 0 Å². The fourth-order valence-electron chi connectivity index (χ4n) is 2.84. The molecule has 1 aliphatic carbocycles. The van der Waals surface area contributed by atoms with Crippen molar-refractivity contribution in [3.05, 3.63) is 12.7 Å². The highest BCUT2D eigenvalue weighted by molar-refractivity contribution is 5.79. The number of hydrogen-bond acceptors (Lipinski definition) is 1. The maximum atomic E-state index is 11.8. The van der Waals surface area contributed by atoms with Crippen molar-refractivity contribution >= 4 is 5.91 Å². The molecular weight excluding hydrogens is 186 g/mol. The van der Waals surface area contributed by atoms with Crippen LogP contribution in [0.2, 0.25) is 0 Å². The first kappa shape index (κ1) is 10.7. The minimum Gasteiger partial charge on any atom is -0.339 e. The van der Waals surface area contributed by atoms with E-state index in [0.29, 0.717) is 24.3 Å². The molecule has 84 valence electrons. The van der Waals surface area contributed by atoms with Gasteiger partial charge in [-0.25, -0.2) is 0 Å². The standard InChI is InChI=1S/C13H21NO/c1-2-11-9-13(15)14(10-11)12-7-5-3-4-6-8-12/h2,11-12H,1,3-10H2. The van der Waals surface area contributed by atoms with Gasteiger partial charge >= 0.3 is 0 Å². The first-order valence-corrected chi connectivity index (χ1v) is 6.23. The molecule has 1 amide bonds. The van der Waals surface area contributed by atoms with Crippen molar-refractivity contribution < 1.29 is 4.79 Å². The van der Waals surface area contributed by atoms with E-state index in [-0.39, 0.29) is 0 Å². The Morgan fingerprint density at radius 3 is 2.40 bits per heavy atom. The second-order valence-electron chi connectivity index (χ2n) is 4.89. The lowest BCUT2D eigenvalue weighted by Crippen LogP contribution is -2.36. The van der Waals surface area contributed by atoms with Gasteiger partial charge in [0.2, 0.25) is 5.91 Å². The Morgan fingerprint density at radius 1 is 1.20 bits per heavy atom. The molecule has 2 heteroatoms. The van der Waals surface area contributed by atoms with Gasteiger partial charge in [0.25, 0.3) is 0 Å². The summed E-state index contributed by atoms with van der Waals surface area (Å²) in [7, 11) is 0. The number of hydrogen-bond donors (Lipinski definition) is 0. The maximum absolute atomic E-state index is 11.8. The SMILES string of the molecule is C=CC1CC(=O)N(C2CCCCCC2)C1. The van der Waals surface area contributed by atoms with Crippen LogP contribution in [0, 0.1) is 5.92 Å². The number of carbonyl (C=O) groups is 1. The molecule has 2 rings (SSSR count). The molecule has 2 nitrogen and oxygen atoms in total. The quantitative estimate of drug-likeness (QED) is 0.503. The topological polar surface area (TPSA) is 20.3 Å². The van der Waals surface area contributed by atoms with Gasteiger partial charge in [0.05, 0.1) is 0 Å². The van der Waals surface area contributed by atoms with Crippen LogP contribution in [0.5, 0.6) is 0 Å². The van der Waals surface area contributed by atoms with Crippen LogP contribution in [0.25, 0.3) is 0 Å². The van der Waals surface area contributed by atoms with Crippen molar-refractivity contribution in [1.82, 2.24) is 4.90 Å². The molecule has 0 bridgehead atoms. The zero-order valence-electron chi connectivity index (χ0n) is 9.45. The summed E-state index contributed by atoms with van der Waals surface area (Å²) in [5.41, 5.74) is 0. The molecule has 1 aliphatic heterocycles. The summed E-state index contributed by atoms with van der Waals surface area (Å²) >= 11 is 0. The van der Waals surface area contributed by atoms with Crippen LogP contribution < -0.4 is 0 Å². The van der Waals surface area contributed by atoms with Gasteiger partial charge in [0.1, 0.15) is 0 Å². The van der Waals surface area contributed by atoms with Crippen LogP contribution in [-0.4, -0.2) is 23.4 Å². The molecule has 0 aromatic carbocycles. The summed E-state index contributed by atoms with van der Waals surface area (Å²) in [4.78, 5) is 14.0. The van der Waals surface area contributed by atoms with Crippen molar-refractivity contribution in [2.45, 2.75) is 51.0 Å². The van der Waals surface area contributed by atoms with E-state index < -0.39 is 0 Å². The van der Waals surface area contributed by atoms with Crippen molar-refractivity contribution in [1.29, 1.82) is 0 Å². The van der Waals surface area contributed by atoms with Gasteiger partial charge in [-0.05, 0) is 12.8 Å². The second-order valence-corrected chi connectivity index (χ2v) is 4.89. The lowest BCUT2D eigenvalue weighted by Gasteiger charge is -2.26. The zero-order valence-corrected chi connectivity index (χ0v) is 9.45. The summed E-state index contributed by atoms with van der Waals surface area (Å²) in [5, 5.41) is 0. The van der Waals surface area contributed by atoms with Gasteiger partial charge in [0, 0.05) is 24.9 Å². The molecule has 0 aromatic rings. The third kappa shape index (κ3) is 2.42. The van der Waals surface area contributed by atoms with Crippen LogP contribution >= 0.6 is 0 Å². The Kier molecular flexibility index (Phi) is 3.45. The minimum atomic E-state index is 0.354. The molecule has 2 fully saturated rings. The van der Waals surface area contributed by atoms with Gasteiger partial charge in [-0.15, -0.1) is 6.58 Å². The molecule has 1 saturated carbocycles. The van der Waals surface area contributed by atoms with Crippen LogP contribution in [0.4, 0.5) is 0 Å². The molecule has 1 saturated heterocycles. The van der Waals surface area contributed by atoms with Gasteiger partial charge in [-0.2, -0.15) is 0 Å². The van der Waals surface area contributed by atoms with Crippen LogP contribution in [0.3, 0.4) is 0 Å². The van der Waals surface area contributed by atoms with Gasteiger partial charge in [-0.3, -0.25) is 4.79 Å². The summed E-state index contributed by atoms with van der Waals surface area (Å²) in [6.45, 7) is 4.72. The van der Waals surface area contributed by atoms with Gasteiger partial charge in [0.15, 0.2) is 0 Å². The summed E-state index contributed by atoms with van der Waals surface area (Å²) in [5.74, 6) is 0.757. The largest absolute Gasteiger partial charge is 0.339 e. The van der Waals surface area contributed by atoms with Crippen molar-refractivity contribution in [3.8, 4) is 0 Å². The first-order valence-electron chi connectivity index (χ1n) is 6.23. The monoisotopic (exact) mass is 207 g/mol. The van der Waals surface area contributed by atoms with Crippen molar-refractivity contribution in [2.75, 3.05) is 6.54 Å². The zero-order chi connectivity index (χ0) is 10.7. The van der Waals surface area contributed by atoms with E-state index in [2.05, 4.69) is 11.5 Å². The Bertz CT molecular complexity index is 241. The first-order chi connectivity index (χ1) is 7.31. The fourth-order valence-corrected chi connectivity index (χ4v) is 2.84. The van der Waals surface area contributed by atoms with Crippen LogP contribution in [0.15, 0.2) is 12.7 Å². The molecule has 0 spiro atoms. The smallest absolute Gasteiger partial charge is 0.223 e. The Balaban J connectivity index is 1.96. The van der Waals surface area contributed by atoms with E-state index in [1.54, 1.807) is 0 Å². The van der Waals surface area contributed by atoms with E-state index >= 15 is 0 Å². The summed E-state index contributed by atoms with van der Waals surface area (Å²) < 4.78 is 0. The minimum absolute atomic E-state index is 0.354. The highest BCUT2D eigenvalue weighted by Gasteiger charge is 2.32. The van der Waals surface area contributed by atoms with Crippen molar-refractivity contribution in [2.24, 2.45) is 5.92 Å². The lowest BCUT2D eigenvalue weighted by atomic mass is 10.1. The Morgan fingerprint density at radius 2 is 1.87 bits per heavy atom. The third-order valence-corrected chi connectivity index (χ3v) is 3.79. The van der Waals surface area contributed by atoms with Crippen LogP contribution in [0.1, 0.15) is 44.9 Å². The molecule has 2 aliphatic rings. The van der Waals surface area contributed by atoms with E-state index in [1.807, 2.05) is 6.08 Å². The number of nitrogens with zero attached hydrogens (tertiary/aromatic N) is 1. The predicted molar refractivity (Wildman–Crippen MR) is 61.5 cm³/mol. The Labute approximate surface area is 92.3 Å². The van der Waals surface area contributed by atoms with Gasteiger partial charge in [-0.1, -0.05) is 31.8 Å². The maximum Gasteiger partial charge on any atom is 0.223 e. The number of carbonyl (C=O) groups excluding carboxylic acids is 1. The van der Waals surface area contributed by atoms with E-state index in [1.165, 1.54) is 38.5 Å². The van der Waals surface area contributed by atoms with E-state index in [0.717, 1.165) is 6.54 Å². The molecule has 15 heavy (non-hydrogen) atoms. The molecule has 0 N–H and O–H groups in total. The second kappa shape index (κ2) is 4.82. The van der Waals surface area contributed by atoms with E-state index in [4.69, 9.17) is 0 Å². The third-order valence-electron chi connectivity index (χ3n) is 3.79. The molecule has 0 radical (unpaired) electrons. The molecule has 1 heterocycles. The normalized spacial score (nSPS) is 29.2. The average Bonchev–Trinajstić information content (AvgIpc) is 2.48. The Hall–Kier alpha value is -0.790. The van der Waals surface area contributed by atoms with Crippen LogP contribution in [-0.2, 0) is 4.79 Å². The lowest BCUT2D eigenvalue weighted by molar-refractivity contribution is -0.129. The average molecular weight is 207 g/mol. The number of rotatable bonds is 2. The fraction of sp³-hybridized carbons (Fsp3) is 0.769. The molecular formula is C13H21NO. The molecule has 1 atom stereocenters. The molecule has 0 aromatic heterocycles. The summed E-state index contributed by atoms with van der Waals surface area (Å²) in [6, 6.07) is 0.532. The van der Waals surface area contributed by atoms with E-state index in [9.17, 15) is 4.79 Å². The highest BCUT2D eigenvalue weighted by atomic mass is 16.2. The predicted octanol–water partition coefficient (Wildman–Crippen LogP) is 2.74.